The Labute approximate surface area is 151 Å². The van der Waals surface area contributed by atoms with Crippen LogP contribution in [0.4, 0.5) is 0 Å². The van der Waals surface area contributed by atoms with Gasteiger partial charge in [0.2, 0.25) is 0 Å². The van der Waals surface area contributed by atoms with Gasteiger partial charge in [-0.05, 0) is 49.7 Å². The van der Waals surface area contributed by atoms with Crippen molar-refractivity contribution < 1.29 is 0 Å². The van der Waals surface area contributed by atoms with E-state index in [-0.39, 0.29) is 0 Å². The summed E-state index contributed by atoms with van der Waals surface area (Å²) in [5.41, 5.74) is 6.96. The van der Waals surface area contributed by atoms with Crippen LogP contribution in [0.5, 0.6) is 0 Å². The smallest absolute Gasteiger partial charge is 0.124 e. The average molecular weight is 341 g/mol. The maximum atomic E-state index is 4.99. The molecule has 0 saturated heterocycles. The van der Waals surface area contributed by atoms with Crippen molar-refractivity contribution >= 4 is 11.3 Å². The molecule has 0 aliphatic rings. The summed E-state index contributed by atoms with van der Waals surface area (Å²) >= 11 is 1.72. The number of pyridine rings is 1. The average Bonchev–Trinajstić information content (AvgIpc) is 3.08. The van der Waals surface area contributed by atoms with Gasteiger partial charge in [0.15, 0.2) is 0 Å². The molecule has 0 saturated carbocycles. The molecule has 0 aliphatic heterocycles. The Kier molecular flexibility index (Phi) is 4.16. The van der Waals surface area contributed by atoms with Crippen LogP contribution < -0.4 is 0 Å². The molecule has 0 N–H and O–H groups in total. The lowest BCUT2D eigenvalue weighted by Gasteiger charge is -2.05. The first kappa shape index (κ1) is 15.7. The van der Waals surface area contributed by atoms with Crippen molar-refractivity contribution in [2.75, 3.05) is 0 Å². The molecule has 0 bridgehead atoms. The second-order valence-electron chi connectivity index (χ2n) is 6.10. The molecule has 0 atom stereocenters. The van der Waals surface area contributed by atoms with Gasteiger partial charge in [0.25, 0.3) is 0 Å². The molecular weight excluding hydrogens is 324 g/mol. The van der Waals surface area contributed by atoms with Crippen molar-refractivity contribution in [2.24, 2.45) is 0 Å². The molecule has 0 amide bonds. The molecule has 2 nitrogen and oxygen atoms in total. The molecule has 0 unspecified atom stereocenters. The van der Waals surface area contributed by atoms with Crippen molar-refractivity contribution in [3.05, 3.63) is 84.2 Å². The third kappa shape index (κ3) is 3.24. The van der Waals surface area contributed by atoms with Crippen LogP contribution in [-0.4, -0.2) is 9.97 Å². The van der Waals surface area contributed by atoms with Gasteiger partial charge in [0, 0.05) is 23.5 Å². The molecule has 2 heterocycles. The van der Waals surface area contributed by atoms with E-state index in [0.29, 0.717) is 0 Å². The molecule has 0 fully saturated rings. The number of benzene rings is 2. The predicted octanol–water partition coefficient (Wildman–Crippen LogP) is 5.96. The van der Waals surface area contributed by atoms with Gasteiger partial charge in [0.05, 0.1) is 10.6 Å². The maximum Gasteiger partial charge on any atom is 0.124 e. The van der Waals surface area contributed by atoms with Gasteiger partial charge in [-0.2, -0.15) is 0 Å². The van der Waals surface area contributed by atoms with Gasteiger partial charge in [-0.3, -0.25) is 4.98 Å². The Balaban J connectivity index is 1.94. The Morgan fingerprint density at radius 2 is 1.48 bits per heavy atom. The van der Waals surface area contributed by atoms with Crippen molar-refractivity contribution in [2.45, 2.75) is 13.8 Å². The van der Waals surface area contributed by atoms with Crippen LogP contribution in [0.2, 0.25) is 0 Å². The van der Waals surface area contributed by atoms with E-state index >= 15 is 0 Å². The Morgan fingerprint density at radius 3 is 2.16 bits per heavy atom. The van der Waals surface area contributed by atoms with E-state index < -0.39 is 0 Å². The summed E-state index contributed by atoms with van der Waals surface area (Å²) in [7, 11) is 0. The molecule has 0 aliphatic carbocycles. The third-order valence-corrected chi connectivity index (χ3v) is 5.18. The van der Waals surface area contributed by atoms with Gasteiger partial charge >= 0.3 is 0 Å². The molecule has 2 aromatic heterocycles. The van der Waals surface area contributed by atoms with Crippen LogP contribution >= 0.6 is 11.3 Å². The Bertz CT molecular complexity index is 985. The Hall–Kier alpha value is -2.78. The molecule has 2 aromatic carbocycles. The lowest BCUT2D eigenvalue weighted by atomic mass is 10.0. The quantitative estimate of drug-likeness (QED) is 0.460. The predicted molar refractivity (Wildman–Crippen MR) is 105 cm³/mol. The number of rotatable bonds is 3. The number of nitrogens with zero attached hydrogens (tertiary/aromatic N) is 2. The number of aromatic nitrogens is 2. The van der Waals surface area contributed by atoms with E-state index in [4.69, 9.17) is 4.98 Å². The largest absolute Gasteiger partial charge is 0.265 e. The molecule has 25 heavy (non-hydrogen) atoms. The lowest BCUT2D eigenvalue weighted by molar-refractivity contribution is 1.32. The van der Waals surface area contributed by atoms with Gasteiger partial charge in [-0.25, -0.2) is 4.98 Å². The van der Waals surface area contributed by atoms with Crippen LogP contribution in [-0.2, 0) is 0 Å². The fraction of sp³-hybridized carbons (Fsp3) is 0.0909. The molecule has 0 spiro atoms. The van der Waals surface area contributed by atoms with E-state index in [0.717, 1.165) is 27.4 Å². The van der Waals surface area contributed by atoms with Crippen molar-refractivity contribution in [3.63, 3.8) is 0 Å². The van der Waals surface area contributed by atoms with Crippen LogP contribution in [0.25, 0.3) is 32.3 Å². The zero-order valence-electron chi connectivity index (χ0n) is 14.2. The van der Waals surface area contributed by atoms with E-state index in [1.165, 1.54) is 16.0 Å². The second kappa shape index (κ2) is 6.61. The summed E-state index contributed by atoms with van der Waals surface area (Å²) < 4.78 is 0. The minimum absolute atomic E-state index is 1.02. The molecular formula is C22H17N2S. The number of hydrogen-bond acceptors (Lipinski definition) is 3. The normalized spacial score (nSPS) is 10.8. The van der Waals surface area contributed by atoms with E-state index in [2.05, 4.69) is 55.2 Å². The highest BCUT2D eigenvalue weighted by molar-refractivity contribution is 7.19. The molecule has 4 rings (SSSR count). The van der Waals surface area contributed by atoms with E-state index in [1.54, 1.807) is 11.3 Å². The van der Waals surface area contributed by atoms with Gasteiger partial charge in [-0.15, -0.1) is 11.3 Å². The summed E-state index contributed by atoms with van der Waals surface area (Å²) in [6, 6.07) is 21.7. The van der Waals surface area contributed by atoms with Gasteiger partial charge in [0.1, 0.15) is 5.01 Å². The van der Waals surface area contributed by atoms with Crippen LogP contribution in [0.3, 0.4) is 0 Å². The summed E-state index contributed by atoms with van der Waals surface area (Å²) in [4.78, 5) is 10.3. The maximum absolute atomic E-state index is 4.99. The van der Waals surface area contributed by atoms with Crippen LogP contribution in [0, 0.1) is 19.9 Å². The van der Waals surface area contributed by atoms with Crippen LogP contribution in [0.1, 0.15) is 11.1 Å². The standard InChI is InChI=1S/C22H17N2S/c1-15-12-16(2)14-19(13-15)20-21(17-8-10-23-11-9-17)25-22(24-20)18-6-4-3-5-7-18/h4-14H,1-2H3. The SMILES string of the molecule is Cc1cc(C)cc(-c2nc(-c3cc[c]cc3)sc2-c2ccncc2)c1. The number of hydrogen-bond donors (Lipinski definition) is 0. The summed E-state index contributed by atoms with van der Waals surface area (Å²) in [6.07, 6.45) is 3.66. The first-order valence-electron chi connectivity index (χ1n) is 8.17. The fourth-order valence-corrected chi connectivity index (χ4v) is 4.08. The highest BCUT2D eigenvalue weighted by atomic mass is 32.1. The monoisotopic (exact) mass is 341 g/mol. The Morgan fingerprint density at radius 1 is 0.800 bits per heavy atom. The van der Waals surface area contributed by atoms with Gasteiger partial charge in [-0.1, -0.05) is 41.5 Å². The summed E-state index contributed by atoms with van der Waals surface area (Å²) in [6.45, 7) is 4.26. The lowest BCUT2D eigenvalue weighted by Crippen LogP contribution is -1.86. The highest BCUT2D eigenvalue weighted by Crippen LogP contribution is 2.40. The first-order valence-corrected chi connectivity index (χ1v) is 8.99. The van der Waals surface area contributed by atoms with Crippen LogP contribution in [0.15, 0.2) is 67.0 Å². The topological polar surface area (TPSA) is 25.8 Å². The zero-order chi connectivity index (χ0) is 17.2. The molecule has 3 heteroatoms. The third-order valence-electron chi connectivity index (χ3n) is 4.03. The minimum atomic E-state index is 1.02. The first-order chi connectivity index (χ1) is 12.2. The summed E-state index contributed by atoms with van der Waals surface area (Å²) in [5.74, 6) is 0. The molecule has 4 aromatic rings. The second-order valence-corrected chi connectivity index (χ2v) is 7.10. The van der Waals surface area contributed by atoms with E-state index in [9.17, 15) is 0 Å². The van der Waals surface area contributed by atoms with Crippen molar-refractivity contribution in [1.82, 2.24) is 9.97 Å². The van der Waals surface area contributed by atoms with Crippen molar-refractivity contribution in [3.8, 4) is 32.3 Å². The zero-order valence-corrected chi connectivity index (χ0v) is 15.0. The fourth-order valence-electron chi connectivity index (χ4n) is 2.98. The van der Waals surface area contributed by atoms with Gasteiger partial charge < -0.3 is 0 Å². The highest BCUT2D eigenvalue weighted by Gasteiger charge is 2.16. The van der Waals surface area contributed by atoms with Crippen molar-refractivity contribution in [1.29, 1.82) is 0 Å². The number of aryl methyl sites for hydroxylation is 2. The minimum Gasteiger partial charge on any atom is -0.265 e. The molecule has 121 valence electrons. The molecule has 1 radical (unpaired) electrons. The number of thiazole rings is 1. The van der Waals surface area contributed by atoms with E-state index in [1.807, 2.05) is 36.7 Å². The summed E-state index contributed by atoms with van der Waals surface area (Å²) in [5, 5.41) is 1.02.